The van der Waals surface area contributed by atoms with Gasteiger partial charge < -0.3 is 24.4 Å². The maximum atomic E-state index is 10.2. The van der Waals surface area contributed by atoms with E-state index in [9.17, 15) is 10.2 Å². The van der Waals surface area contributed by atoms with Gasteiger partial charge in [0.2, 0.25) is 6.29 Å². The molecule has 1 aliphatic heterocycles. The molecule has 1 heterocycles. The smallest absolute Gasteiger partial charge is 0.230 e. The standard InChI is InChI=1S/C17H16O5/c1-20-16-11(19)6-9-4-3-8-5-10(18)7-12-13(8)14(9)15(16)17(21-2)22-12/h5-7,17-19H,3-4H2,1-2H3. The van der Waals surface area contributed by atoms with Gasteiger partial charge in [-0.1, -0.05) is 0 Å². The average molecular weight is 300 g/mol. The van der Waals surface area contributed by atoms with Gasteiger partial charge >= 0.3 is 0 Å². The average Bonchev–Trinajstić information content (AvgIpc) is 2.51. The Hall–Kier alpha value is -2.40. The highest BCUT2D eigenvalue weighted by Gasteiger charge is 2.36. The van der Waals surface area contributed by atoms with Crippen LogP contribution in [0.1, 0.15) is 23.0 Å². The molecule has 0 saturated carbocycles. The van der Waals surface area contributed by atoms with Gasteiger partial charge in [0, 0.05) is 24.3 Å². The number of rotatable bonds is 2. The monoisotopic (exact) mass is 300 g/mol. The second kappa shape index (κ2) is 4.55. The maximum absolute atomic E-state index is 10.2. The number of phenolic OH excluding ortho intramolecular Hbond substituents is 2. The highest BCUT2D eigenvalue weighted by molar-refractivity contribution is 5.86. The van der Waals surface area contributed by atoms with Crippen LogP contribution in [0.25, 0.3) is 11.1 Å². The van der Waals surface area contributed by atoms with Crippen LogP contribution < -0.4 is 9.47 Å². The minimum Gasteiger partial charge on any atom is -0.508 e. The topological polar surface area (TPSA) is 68.2 Å². The zero-order chi connectivity index (χ0) is 15.4. The van der Waals surface area contributed by atoms with E-state index in [2.05, 4.69) is 0 Å². The van der Waals surface area contributed by atoms with Crippen molar-refractivity contribution in [3.05, 3.63) is 34.9 Å². The molecule has 0 aromatic heterocycles. The van der Waals surface area contributed by atoms with E-state index in [4.69, 9.17) is 14.2 Å². The first-order valence-corrected chi connectivity index (χ1v) is 7.12. The van der Waals surface area contributed by atoms with E-state index in [0.717, 1.165) is 35.1 Å². The van der Waals surface area contributed by atoms with Crippen LogP contribution in [0.4, 0.5) is 0 Å². The van der Waals surface area contributed by atoms with Crippen molar-refractivity contribution in [3.8, 4) is 34.1 Å². The van der Waals surface area contributed by atoms with Crippen molar-refractivity contribution in [1.82, 2.24) is 0 Å². The minimum atomic E-state index is -0.684. The molecule has 0 fully saturated rings. The summed E-state index contributed by atoms with van der Waals surface area (Å²) in [5.41, 5.74) is 4.73. The maximum Gasteiger partial charge on any atom is 0.230 e. The Kier molecular flexibility index (Phi) is 2.74. The van der Waals surface area contributed by atoms with Gasteiger partial charge in [0.25, 0.3) is 0 Å². The highest BCUT2D eigenvalue weighted by Crippen LogP contribution is 2.54. The molecule has 1 atom stereocenters. The van der Waals surface area contributed by atoms with Crippen LogP contribution in [0.5, 0.6) is 23.0 Å². The van der Waals surface area contributed by atoms with Gasteiger partial charge in [-0.05, 0) is 36.1 Å². The lowest BCUT2D eigenvalue weighted by Crippen LogP contribution is -2.21. The van der Waals surface area contributed by atoms with Gasteiger partial charge in [0.05, 0.1) is 12.7 Å². The zero-order valence-corrected chi connectivity index (χ0v) is 12.3. The molecule has 114 valence electrons. The summed E-state index contributed by atoms with van der Waals surface area (Å²) in [5.74, 6) is 1.24. The third kappa shape index (κ3) is 1.63. The zero-order valence-electron chi connectivity index (χ0n) is 12.3. The van der Waals surface area contributed by atoms with Crippen molar-refractivity contribution >= 4 is 0 Å². The summed E-state index contributed by atoms with van der Waals surface area (Å²) in [6.07, 6.45) is 0.887. The fourth-order valence-corrected chi connectivity index (χ4v) is 3.50. The highest BCUT2D eigenvalue weighted by atomic mass is 16.7. The Morgan fingerprint density at radius 2 is 1.77 bits per heavy atom. The molecule has 2 aromatic rings. The summed E-state index contributed by atoms with van der Waals surface area (Å²) in [4.78, 5) is 0. The van der Waals surface area contributed by atoms with E-state index in [1.807, 2.05) is 0 Å². The molecule has 0 saturated heterocycles. The van der Waals surface area contributed by atoms with Crippen LogP contribution in [-0.4, -0.2) is 24.4 Å². The summed E-state index contributed by atoms with van der Waals surface area (Å²) >= 11 is 0. The van der Waals surface area contributed by atoms with E-state index in [1.54, 1.807) is 18.2 Å². The van der Waals surface area contributed by atoms with Crippen LogP contribution >= 0.6 is 0 Å². The molecule has 2 N–H and O–H groups in total. The van der Waals surface area contributed by atoms with Crippen molar-refractivity contribution in [3.63, 3.8) is 0 Å². The molecule has 1 aliphatic carbocycles. The quantitative estimate of drug-likeness (QED) is 0.892. The van der Waals surface area contributed by atoms with Crippen LogP contribution in [0, 0.1) is 0 Å². The van der Waals surface area contributed by atoms with E-state index in [0.29, 0.717) is 17.1 Å². The minimum absolute atomic E-state index is 0.0904. The predicted octanol–water partition coefficient (Wildman–Crippen LogP) is 2.91. The number of benzene rings is 2. The van der Waals surface area contributed by atoms with Crippen molar-refractivity contribution in [2.45, 2.75) is 19.1 Å². The SMILES string of the molecule is COc1c(O)cc2c3c1C(OC)Oc1cc(O)cc(c1-3)CC2. The van der Waals surface area contributed by atoms with E-state index in [1.165, 1.54) is 14.2 Å². The van der Waals surface area contributed by atoms with Gasteiger partial charge in [0.15, 0.2) is 11.5 Å². The number of aromatic hydroxyl groups is 2. The van der Waals surface area contributed by atoms with Crippen LogP contribution in [0.2, 0.25) is 0 Å². The van der Waals surface area contributed by atoms with Crippen molar-refractivity contribution in [1.29, 1.82) is 0 Å². The molecule has 0 radical (unpaired) electrons. The number of phenols is 2. The van der Waals surface area contributed by atoms with Gasteiger partial charge in [-0.2, -0.15) is 0 Å². The molecule has 22 heavy (non-hydrogen) atoms. The van der Waals surface area contributed by atoms with E-state index in [-0.39, 0.29) is 11.5 Å². The van der Waals surface area contributed by atoms with Crippen molar-refractivity contribution in [2.75, 3.05) is 14.2 Å². The lowest BCUT2D eigenvalue weighted by atomic mass is 9.80. The third-order valence-corrected chi connectivity index (χ3v) is 4.35. The normalized spacial score (nSPS) is 17.6. The summed E-state index contributed by atoms with van der Waals surface area (Å²) in [7, 11) is 3.05. The van der Waals surface area contributed by atoms with Gasteiger partial charge in [-0.25, -0.2) is 0 Å². The van der Waals surface area contributed by atoms with Crippen LogP contribution in [-0.2, 0) is 17.6 Å². The molecule has 5 nitrogen and oxygen atoms in total. The first kappa shape index (κ1) is 13.3. The van der Waals surface area contributed by atoms with Crippen LogP contribution in [0.3, 0.4) is 0 Å². The molecular weight excluding hydrogens is 284 g/mol. The molecule has 0 spiro atoms. The molecule has 4 rings (SSSR count). The Morgan fingerprint density at radius 3 is 2.45 bits per heavy atom. The van der Waals surface area contributed by atoms with E-state index < -0.39 is 6.29 Å². The second-order valence-corrected chi connectivity index (χ2v) is 5.54. The predicted molar refractivity (Wildman–Crippen MR) is 79.5 cm³/mol. The number of hydrogen-bond donors (Lipinski definition) is 2. The molecule has 0 amide bonds. The van der Waals surface area contributed by atoms with Crippen molar-refractivity contribution < 1.29 is 24.4 Å². The molecule has 5 heteroatoms. The fraction of sp³-hybridized carbons (Fsp3) is 0.294. The van der Waals surface area contributed by atoms with Gasteiger partial charge in [-0.3, -0.25) is 0 Å². The number of aryl methyl sites for hydroxylation is 2. The molecule has 2 aromatic carbocycles. The molecule has 0 bridgehead atoms. The largest absolute Gasteiger partial charge is 0.508 e. The molecule has 1 unspecified atom stereocenters. The lowest BCUT2D eigenvalue weighted by molar-refractivity contribution is -0.0594. The Bertz CT molecular complexity index is 781. The molecular formula is C17H16O5. The number of hydrogen-bond acceptors (Lipinski definition) is 5. The van der Waals surface area contributed by atoms with Gasteiger partial charge in [0.1, 0.15) is 11.5 Å². The van der Waals surface area contributed by atoms with E-state index >= 15 is 0 Å². The summed E-state index contributed by atoms with van der Waals surface area (Å²) in [5, 5.41) is 20.1. The summed E-state index contributed by atoms with van der Waals surface area (Å²) < 4.78 is 16.7. The first-order valence-electron chi connectivity index (χ1n) is 7.12. The van der Waals surface area contributed by atoms with Gasteiger partial charge in [-0.15, -0.1) is 0 Å². The Labute approximate surface area is 127 Å². The lowest BCUT2D eigenvalue weighted by Gasteiger charge is -2.34. The third-order valence-electron chi connectivity index (χ3n) is 4.35. The first-order chi connectivity index (χ1) is 10.6. The van der Waals surface area contributed by atoms with Crippen LogP contribution in [0.15, 0.2) is 18.2 Å². The Balaban J connectivity index is 2.11. The fourth-order valence-electron chi connectivity index (χ4n) is 3.50. The second-order valence-electron chi connectivity index (χ2n) is 5.54. The Morgan fingerprint density at radius 1 is 1.05 bits per heavy atom. The van der Waals surface area contributed by atoms with Crippen molar-refractivity contribution in [2.24, 2.45) is 0 Å². The number of methoxy groups -OCH3 is 2. The number of ether oxygens (including phenoxy) is 3. The summed E-state index contributed by atoms with van der Waals surface area (Å²) in [6, 6.07) is 5.11. The summed E-state index contributed by atoms with van der Waals surface area (Å²) in [6.45, 7) is 0. The molecule has 2 aliphatic rings.